The highest BCUT2D eigenvalue weighted by molar-refractivity contribution is 5.47. The SMILES string of the molecule is COc1ccnc(N2CCN(c3ccc(C(F)(F)F)nc3)CC2)n1. The van der Waals surface area contributed by atoms with Gasteiger partial charge in [-0.05, 0) is 12.1 Å². The molecule has 6 nitrogen and oxygen atoms in total. The Labute approximate surface area is 136 Å². The van der Waals surface area contributed by atoms with Crippen molar-refractivity contribution in [2.45, 2.75) is 6.18 Å². The normalized spacial score (nSPS) is 15.5. The van der Waals surface area contributed by atoms with Crippen molar-refractivity contribution in [3.05, 3.63) is 36.3 Å². The fourth-order valence-corrected chi connectivity index (χ4v) is 2.50. The molecule has 0 saturated carbocycles. The smallest absolute Gasteiger partial charge is 0.433 e. The van der Waals surface area contributed by atoms with Crippen LogP contribution in [0.5, 0.6) is 5.88 Å². The number of halogens is 3. The van der Waals surface area contributed by atoms with Gasteiger partial charge in [-0.25, -0.2) is 9.97 Å². The highest BCUT2D eigenvalue weighted by atomic mass is 19.4. The van der Waals surface area contributed by atoms with Crippen molar-refractivity contribution in [3.8, 4) is 5.88 Å². The number of nitrogens with zero attached hydrogens (tertiary/aromatic N) is 5. The number of ether oxygens (including phenoxy) is 1. The summed E-state index contributed by atoms with van der Waals surface area (Å²) in [6.07, 6.45) is -1.52. The van der Waals surface area contributed by atoms with Gasteiger partial charge in [0.15, 0.2) is 0 Å². The molecule has 128 valence electrons. The number of pyridine rings is 1. The minimum absolute atomic E-state index is 0.495. The molecule has 1 aliphatic heterocycles. The first-order valence-electron chi connectivity index (χ1n) is 7.37. The number of hydrogen-bond donors (Lipinski definition) is 0. The summed E-state index contributed by atoms with van der Waals surface area (Å²) in [6.45, 7) is 2.61. The Morgan fingerprint density at radius 2 is 1.71 bits per heavy atom. The summed E-state index contributed by atoms with van der Waals surface area (Å²) in [5, 5.41) is 0. The van der Waals surface area contributed by atoms with Gasteiger partial charge in [-0.1, -0.05) is 0 Å². The lowest BCUT2D eigenvalue weighted by Gasteiger charge is -2.35. The Kier molecular flexibility index (Phi) is 4.41. The maximum Gasteiger partial charge on any atom is 0.433 e. The van der Waals surface area contributed by atoms with Crippen molar-refractivity contribution in [1.29, 1.82) is 0 Å². The topological polar surface area (TPSA) is 54.4 Å². The van der Waals surface area contributed by atoms with Gasteiger partial charge in [0.1, 0.15) is 5.69 Å². The zero-order valence-electron chi connectivity index (χ0n) is 13.0. The highest BCUT2D eigenvalue weighted by Gasteiger charge is 2.32. The van der Waals surface area contributed by atoms with Crippen LogP contribution in [0.15, 0.2) is 30.6 Å². The monoisotopic (exact) mass is 339 g/mol. The van der Waals surface area contributed by atoms with Gasteiger partial charge < -0.3 is 14.5 Å². The maximum absolute atomic E-state index is 12.6. The molecular formula is C15H16F3N5O. The molecule has 3 heterocycles. The molecule has 1 aliphatic rings. The van der Waals surface area contributed by atoms with Crippen LogP contribution >= 0.6 is 0 Å². The molecule has 0 spiro atoms. The van der Waals surface area contributed by atoms with Gasteiger partial charge in [0.05, 0.1) is 19.0 Å². The number of rotatable bonds is 3. The van der Waals surface area contributed by atoms with Crippen LogP contribution in [0, 0.1) is 0 Å². The first-order chi connectivity index (χ1) is 11.5. The molecule has 9 heteroatoms. The molecule has 2 aromatic heterocycles. The first kappa shape index (κ1) is 16.3. The van der Waals surface area contributed by atoms with Gasteiger partial charge in [0.25, 0.3) is 0 Å². The predicted molar refractivity (Wildman–Crippen MR) is 82.2 cm³/mol. The zero-order chi connectivity index (χ0) is 17.2. The van der Waals surface area contributed by atoms with Crippen molar-refractivity contribution in [1.82, 2.24) is 15.0 Å². The van der Waals surface area contributed by atoms with Gasteiger partial charge in [-0.2, -0.15) is 18.2 Å². The van der Waals surface area contributed by atoms with E-state index in [-0.39, 0.29) is 0 Å². The summed E-state index contributed by atoms with van der Waals surface area (Å²) in [5.74, 6) is 1.08. The predicted octanol–water partition coefficient (Wildman–Crippen LogP) is 2.23. The van der Waals surface area contributed by atoms with E-state index in [2.05, 4.69) is 15.0 Å². The van der Waals surface area contributed by atoms with E-state index >= 15 is 0 Å². The number of anilines is 2. The van der Waals surface area contributed by atoms with Crippen LogP contribution in [-0.4, -0.2) is 48.2 Å². The van der Waals surface area contributed by atoms with Crippen LogP contribution < -0.4 is 14.5 Å². The van der Waals surface area contributed by atoms with Crippen molar-refractivity contribution in [2.75, 3.05) is 43.1 Å². The van der Waals surface area contributed by atoms with E-state index in [1.807, 2.05) is 9.80 Å². The van der Waals surface area contributed by atoms with E-state index in [9.17, 15) is 13.2 Å². The summed E-state index contributed by atoms with van der Waals surface area (Å²) in [7, 11) is 1.54. The Morgan fingerprint density at radius 1 is 1.00 bits per heavy atom. The Bertz CT molecular complexity index is 684. The largest absolute Gasteiger partial charge is 0.481 e. The van der Waals surface area contributed by atoms with E-state index in [1.165, 1.54) is 12.3 Å². The summed E-state index contributed by atoms with van der Waals surface area (Å²) >= 11 is 0. The molecular weight excluding hydrogens is 323 g/mol. The molecule has 0 aliphatic carbocycles. The molecule has 0 N–H and O–H groups in total. The van der Waals surface area contributed by atoms with Gasteiger partial charge >= 0.3 is 6.18 Å². The molecule has 0 unspecified atom stereocenters. The maximum atomic E-state index is 12.6. The number of methoxy groups -OCH3 is 1. The third-order valence-electron chi connectivity index (χ3n) is 3.79. The zero-order valence-corrected chi connectivity index (χ0v) is 13.0. The summed E-state index contributed by atoms with van der Waals surface area (Å²) in [4.78, 5) is 16.0. The van der Waals surface area contributed by atoms with Gasteiger partial charge in [-0.15, -0.1) is 0 Å². The molecule has 1 saturated heterocycles. The number of aromatic nitrogens is 3. The minimum Gasteiger partial charge on any atom is -0.481 e. The summed E-state index contributed by atoms with van der Waals surface area (Å²) < 4.78 is 42.8. The van der Waals surface area contributed by atoms with Crippen LogP contribution in [0.1, 0.15) is 5.69 Å². The van der Waals surface area contributed by atoms with Crippen molar-refractivity contribution < 1.29 is 17.9 Å². The van der Waals surface area contributed by atoms with Crippen LogP contribution in [-0.2, 0) is 6.18 Å². The van der Waals surface area contributed by atoms with Crippen molar-refractivity contribution >= 4 is 11.6 Å². The van der Waals surface area contributed by atoms with E-state index in [4.69, 9.17) is 4.74 Å². The van der Waals surface area contributed by atoms with Crippen LogP contribution in [0.4, 0.5) is 24.8 Å². The molecule has 24 heavy (non-hydrogen) atoms. The molecule has 2 aromatic rings. The van der Waals surface area contributed by atoms with Gasteiger partial charge in [-0.3, -0.25) is 0 Å². The Morgan fingerprint density at radius 3 is 2.29 bits per heavy atom. The Hall–Kier alpha value is -2.58. The fourth-order valence-electron chi connectivity index (χ4n) is 2.50. The second-order valence-electron chi connectivity index (χ2n) is 5.27. The van der Waals surface area contributed by atoms with Crippen LogP contribution in [0.25, 0.3) is 0 Å². The van der Waals surface area contributed by atoms with E-state index in [0.717, 1.165) is 6.07 Å². The third-order valence-corrected chi connectivity index (χ3v) is 3.79. The van der Waals surface area contributed by atoms with Crippen molar-refractivity contribution in [2.24, 2.45) is 0 Å². The quantitative estimate of drug-likeness (QED) is 0.855. The van der Waals surface area contributed by atoms with E-state index in [1.54, 1.807) is 19.4 Å². The van der Waals surface area contributed by atoms with E-state index < -0.39 is 11.9 Å². The number of piperazine rings is 1. The highest BCUT2D eigenvalue weighted by Crippen LogP contribution is 2.28. The van der Waals surface area contributed by atoms with Gasteiger partial charge in [0.2, 0.25) is 11.8 Å². The second kappa shape index (κ2) is 6.50. The van der Waals surface area contributed by atoms with Crippen LogP contribution in [0.3, 0.4) is 0 Å². The molecule has 0 amide bonds. The summed E-state index contributed by atoms with van der Waals surface area (Å²) in [6, 6.07) is 4.13. The lowest BCUT2D eigenvalue weighted by Crippen LogP contribution is -2.47. The number of alkyl halides is 3. The fraction of sp³-hybridized carbons (Fsp3) is 0.400. The first-order valence-corrected chi connectivity index (χ1v) is 7.37. The molecule has 0 radical (unpaired) electrons. The van der Waals surface area contributed by atoms with E-state index in [0.29, 0.717) is 43.7 Å². The lowest BCUT2D eigenvalue weighted by molar-refractivity contribution is -0.141. The molecule has 0 aromatic carbocycles. The average Bonchev–Trinajstić information content (AvgIpc) is 2.61. The van der Waals surface area contributed by atoms with Gasteiger partial charge in [0, 0.05) is 38.4 Å². The molecule has 0 bridgehead atoms. The number of hydrogen-bond acceptors (Lipinski definition) is 6. The van der Waals surface area contributed by atoms with Crippen molar-refractivity contribution in [3.63, 3.8) is 0 Å². The average molecular weight is 339 g/mol. The molecule has 3 rings (SSSR count). The minimum atomic E-state index is -4.42. The molecule has 0 atom stereocenters. The molecule has 1 fully saturated rings. The lowest BCUT2D eigenvalue weighted by atomic mass is 10.2. The third kappa shape index (κ3) is 3.50. The van der Waals surface area contributed by atoms with Crippen LogP contribution in [0.2, 0.25) is 0 Å². The second-order valence-corrected chi connectivity index (χ2v) is 5.27. The summed E-state index contributed by atoms with van der Waals surface area (Å²) in [5.41, 5.74) is -0.205. The standard InChI is InChI=1S/C15H16F3N5O/c1-24-13-4-5-19-14(21-13)23-8-6-22(7-9-23)11-2-3-12(20-10-11)15(16,17)18/h2-5,10H,6-9H2,1H3. The Balaban J connectivity index is 1.64.